The second kappa shape index (κ2) is 5.41. The molecule has 0 unspecified atom stereocenters. The fourth-order valence-corrected chi connectivity index (χ4v) is 3.26. The first-order chi connectivity index (χ1) is 8.90. The molecule has 2 rings (SSSR count). The summed E-state index contributed by atoms with van der Waals surface area (Å²) in [6.45, 7) is -0.0203. The molecular weight excluding hydrogens is 312 g/mol. The van der Waals surface area contributed by atoms with Crippen molar-refractivity contribution in [3.05, 3.63) is 28.2 Å². The molecule has 0 atom stereocenters. The highest BCUT2D eigenvalue weighted by atomic mass is 35.5. The first-order valence-corrected chi connectivity index (χ1v) is 7.91. The highest BCUT2D eigenvalue weighted by Crippen LogP contribution is 2.23. The molecule has 0 spiro atoms. The molecule has 0 radical (unpaired) electrons. The number of fused-ring (bicyclic) bond motifs is 1. The van der Waals surface area contributed by atoms with Gasteiger partial charge >= 0.3 is 0 Å². The van der Waals surface area contributed by atoms with E-state index in [0.29, 0.717) is 15.5 Å². The van der Waals surface area contributed by atoms with Gasteiger partial charge in [-0.1, -0.05) is 28.1 Å². The third kappa shape index (κ3) is 3.41. The summed E-state index contributed by atoms with van der Waals surface area (Å²) in [5, 5.41) is 12.6. The minimum absolute atomic E-state index is 0.0203. The fraction of sp³-hybridized carbons (Fsp3) is 0.200. The lowest BCUT2D eigenvalue weighted by Crippen LogP contribution is -2.39. The van der Waals surface area contributed by atoms with Crippen molar-refractivity contribution in [2.45, 2.75) is 6.54 Å². The third-order valence-electron chi connectivity index (χ3n) is 2.43. The lowest BCUT2D eigenvalue weighted by atomic mass is 10.3. The van der Waals surface area contributed by atoms with Gasteiger partial charge in [0.15, 0.2) is 6.54 Å². The molecule has 0 saturated heterocycles. The summed E-state index contributed by atoms with van der Waals surface area (Å²) in [5.41, 5.74) is 0.691. The summed E-state index contributed by atoms with van der Waals surface area (Å²) >= 11 is 7.20. The molecular formula is C10H9ClN2O4S2. The molecule has 0 amide bonds. The topological polar surface area (TPSA) is 93.7 Å². The summed E-state index contributed by atoms with van der Waals surface area (Å²) in [5.74, 6) is -0.539. The molecule has 0 bridgehead atoms. The first-order valence-electron chi connectivity index (χ1n) is 5.13. The van der Waals surface area contributed by atoms with Crippen LogP contribution < -0.4 is 4.57 Å². The SMILES string of the molecule is O=S(=O)([O-])CC[n+]1c(C=NO)sc2ccc(Cl)cc21. The van der Waals surface area contributed by atoms with Gasteiger partial charge in [-0.25, -0.2) is 8.42 Å². The van der Waals surface area contributed by atoms with Crippen molar-refractivity contribution in [2.24, 2.45) is 5.16 Å². The monoisotopic (exact) mass is 320 g/mol. The van der Waals surface area contributed by atoms with Crippen molar-refractivity contribution in [3.63, 3.8) is 0 Å². The van der Waals surface area contributed by atoms with E-state index in [1.54, 1.807) is 22.8 Å². The number of aromatic nitrogens is 1. The summed E-state index contributed by atoms with van der Waals surface area (Å²) in [7, 11) is -4.32. The smallest absolute Gasteiger partial charge is 0.284 e. The van der Waals surface area contributed by atoms with E-state index in [-0.39, 0.29) is 6.54 Å². The molecule has 0 fully saturated rings. The van der Waals surface area contributed by atoms with Crippen molar-refractivity contribution < 1.29 is 22.7 Å². The van der Waals surface area contributed by atoms with E-state index in [4.69, 9.17) is 16.8 Å². The Morgan fingerprint density at radius 3 is 2.89 bits per heavy atom. The van der Waals surface area contributed by atoms with Crippen molar-refractivity contribution >= 4 is 49.5 Å². The van der Waals surface area contributed by atoms with Crippen LogP contribution in [0.15, 0.2) is 23.4 Å². The predicted molar refractivity (Wildman–Crippen MR) is 71.0 cm³/mol. The van der Waals surface area contributed by atoms with E-state index >= 15 is 0 Å². The predicted octanol–water partition coefficient (Wildman–Crippen LogP) is 1.20. The van der Waals surface area contributed by atoms with E-state index in [0.717, 1.165) is 4.70 Å². The van der Waals surface area contributed by atoms with Gasteiger partial charge in [-0.2, -0.15) is 4.57 Å². The second-order valence-corrected chi connectivity index (χ2v) is 6.73. The zero-order chi connectivity index (χ0) is 14.0. The maximum Gasteiger partial charge on any atom is 0.284 e. The van der Waals surface area contributed by atoms with E-state index in [2.05, 4.69) is 5.16 Å². The number of hydrogen-bond acceptors (Lipinski definition) is 6. The quantitative estimate of drug-likeness (QED) is 0.301. The van der Waals surface area contributed by atoms with Crippen LogP contribution in [0.25, 0.3) is 10.2 Å². The van der Waals surface area contributed by atoms with Crippen LogP contribution in [-0.2, 0) is 16.7 Å². The van der Waals surface area contributed by atoms with Crippen LogP contribution in [0.3, 0.4) is 0 Å². The van der Waals surface area contributed by atoms with E-state index in [9.17, 15) is 13.0 Å². The Kier molecular flexibility index (Phi) is 4.04. The van der Waals surface area contributed by atoms with Gasteiger partial charge in [0.25, 0.3) is 5.01 Å². The van der Waals surface area contributed by atoms with Gasteiger partial charge in [0, 0.05) is 11.1 Å². The van der Waals surface area contributed by atoms with Crippen molar-refractivity contribution in [1.29, 1.82) is 0 Å². The maximum atomic E-state index is 10.7. The zero-order valence-corrected chi connectivity index (χ0v) is 11.9. The van der Waals surface area contributed by atoms with Gasteiger partial charge in [0.05, 0.1) is 5.75 Å². The third-order valence-corrected chi connectivity index (χ3v) is 4.44. The normalized spacial score (nSPS) is 12.5. The van der Waals surface area contributed by atoms with Crippen molar-refractivity contribution in [3.8, 4) is 0 Å². The van der Waals surface area contributed by atoms with E-state index < -0.39 is 15.9 Å². The summed E-state index contributed by atoms with van der Waals surface area (Å²) in [4.78, 5) is 0. The largest absolute Gasteiger partial charge is 0.748 e. The molecule has 1 N–H and O–H groups in total. The Labute approximate surface area is 118 Å². The number of hydrogen-bond donors (Lipinski definition) is 1. The van der Waals surface area contributed by atoms with Crippen LogP contribution in [0.2, 0.25) is 5.02 Å². The van der Waals surface area contributed by atoms with Crippen LogP contribution >= 0.6 is 22.9 Å². The number of oxime groups is 1. The molecule has 0 saturated carbocycles. The van der Waals surface area contributed by atoms with E-state index in [1.165, 1.54) is 17.6 Å². The first kappa shape index (κ1) is 14.2. The van der Waals surface area contributed by atoms with Crippen LogP contribution in [0.5, 0.6) is 0 Å². The highest BCUT2D eigenvalue weighted by Gasteiger charge is 2.20. The Balaban J connectivity index is 2.53. The number of rotatable bonds is 4. The van der Waals surface area contributed by atoms with Crippen molar-refractivity contribution in [1.82, 2.24) is 0 Å². The average molecular weight is 321 g/mol. The Morgan fingerprint density at radius 2 is 2.26 bits per heavy atom. The second-order valence-electron chi connectivity index (χ2n) is 3.71. The molecule has 1 heterocycles. The molecule has 9 heteroatoms. The highest BCUT2D eigenvalue weighted by molar-refractivity contribution is 7.85. The molecule has 0 aliphatic carbocycles. The Bertz CT molecular complexity index is 739. The minimum Gasteiger partial charge on any atom is -0.748 e. The molecule has 6 nitrogen and oxygen atoms in total. The van der Waals surface area contributed by atoms with Gasteiger partial charge in [-0.05, 0) is 12.1 Å². The molecule has 1 aromatic heterocycles. The Hall–Kier alpha value is -1.22. The molecule has 0 aliphatic rings. The van der Waals surface area contributed by atoms with Crippen molar-refractivity contribution in [2.75, 3.05) is 5.75 Å². The zero-order valence-electron chi connectivity index (χ0n) is 9.48. The number of benzene rings is 1. The summed E-state index contributed by atoms with van der Waals surface area (Å²) in [6.07, 6.45) is 1.19. The Morgan fingerprint density at radius 1 is 1.53 bits per heavy atom. The van der Waals surface area contributed by atoms with Gasteiger partial charge in [-0.15, -0.1) is 0 Å². The minimum atomic E-state index is -4.32. The van der Waals surface area contributed by atoms with Gasteiger partial charge in [-0.3, -0.25) is 0 Å². The summed E-state index contributed by atoms with van der Waals surface area (Å²) in [6, 6.07) is 5.15. The lowest BCUT2D eigenvalue weighted by molar-refractivity contribution is -0.663. The van der Waals surface area contributed by atoms with Gasteiger partial charge in [0.2, 0.25) is 5.52 Å². The number of aryl methyl sites for hydroxylation is 1. The summed E-state index contributed by atoms with van der Waals surface area (Å²) < 4.78 is 34.6. The van der Waals surface area contributed by atoms with Crippen LogP contribution in [0.1, 0.15) is 5.01 Å². The average Bonchev–Trinajstić information content (AvgIpc) is 2.63. The van der Waals surface area contributed by atoms with Crippen LogP contribution in [-0.4, -0.2) is 30.1 Å². The molecule has 1 aromatic carbocycles. The molecule has 19 heavy (non-hydrogen) atoms. The molecule has 2 aromatic rings. The number of thiazole rings is 1. The number of halogens is 1. The van der Waals surface area contributed by atoms with E-state index in [1.807, 2.05) is 0 Å². The number of nitrogens with zero attached hydrogens (tertiary/aromatic N) is 2. The van der Waals surface area contributed by atoms with Crippen LogP contribution in [0.4, 0.5) is 0 Å². The maximum absolute atomic E-state index is 10.7. The van der Waals surface area contributed by atoms with Gasteiger partial charge in [0.1, 0.15) is 21.0 Å². The molecule has 102 valence electrons. The molecule has 0 aliphatic heterocycles. The standard InChI is InChI=1S/C10H9ClN2O4S2/c11-7-1-2-9-8(5-7)13(3-4-19(15,16)17)10(18-9)6-12-14/h1-2,5-6H,3-4H2,(H,15,16,17). The fourth-order valence-electron chi connectivity index (χ4n) is 1.65. The van der Waals surface area contributed by atoms with Gasteiger partial charge < -0.3 is 9.76 Å². The van der Waals surface area contributed by atoms with Crippen LogP contribution in [0, 0.1) is 0 Å². The lowest BCUT2D eigenvalue weighted by Gasteiger charge is -2.03.